The van der Waals surface area contributed by atoms with E-state index in [1.807, 2.05) is 0 Å². The number of hydrogen-bond acceptors (Lipinski definition) is 20. The number of azo groups is 2. The molecular formula is C31H28N10O11S3. The number of hydrogen-bond donors (Lipinski definition) is 5. The average Bonchev–Trinajstić information content (AvgIpc) is 3.99. The topological polar surface area (TPSA) is 281 Å². The fraction of sp³-hybridized carbons (Fsp3) is 0.129. The summed E-state index contributed by atoms with van der Waals surface area (Å²) in [6.07, 6.45) is 0. The van der Waals surface area contributed by atoms with Crippen LogP contribution in [0.25, 0.3) is 0 Å². The van der Waals surface area contributed by atoms with Crippen molar-refractivity contribution in [2.45, 2.75) is 15.2 Å². The second kappa shape index (κ2) is 16.7. The van der Waals surface area contributed by atoms with Crippen LogP contribution >= 0.6 is 12.0 Å². The third kappa shape index (κ3) is 10.2. The molecule has 286 valence electrons. The van der Waals surface area contributed by atoms with E-state index in [9.17, 15) is 25.9 Å². The number of rotatable bonds is 16. The summed E-state index contributed by atoms with van der Waals surface area (Å²) < 4.78 is 81.1. The number of ether oxygens (including phenoxy) is 2. The Labute approximate surface area is 316 Å². The second-order valence-electron chi connectivity index (χ2n) is 11.0. The summed E-state index contributed by atoms with van der Waals surface area (Å²) in [7, 11) is -6.01. The van der Waals surface area contributed by atoms with Crippen LogP contribution in [0.3, 0.4) is 0 Å². The second-order valence-corrected chi connectivity index (χ2v) is 14.8. The summed E-state index contributed by atoms with van der Waals surface area (Å²) in [6.45, 7) is -0.0647. The van der Waals surface area contributed by atoms with Crippen molar-refractivity contribution < 1.29 is 50.0 Å². The highest BCUT2D eigenvalue weighted by Crippen LogP contribution is 2.36. The third-order valence-corrected chi connectivity index (χ3v) is 9.83. The molecule has 0 saturated carbocycles. The zero-order chi connectivity index (χ0) is 39.2. The Balaban J connectivity index is 1.25. The van der Waals surface area contributed by atoms with E-state index in [1.165, 1.54) is 43.4 Å². The van der Waals surface area contributed by atoms with Crippen LogP contribution in [0, 0.1) is 0 Å². The van der Waals surface area contributed by atoms with E-state index in [2.05, 4.69) is 55.4 Å². The Morgan fingerprint density at radius 1 is 0.727 bits per heavy atom. The summed E-state index contributed by atoms with van der Waals surface area (Å²) in [6, 6.07) is 21.6. The Kier molecular flexibility index (Phi) is 11.8. The van der Waals surface area contributed by atoms with Crippen molar-refractivity contribution in [3.8, 4) is 11.5 Å². The van der Waals surface area contributed by atoms with Gasteiger partial charge in [0.25, 0.3) is 20.2 Å². The number of methoxy groups -OCH3 is 2. The number of benzene rings is 4. The predicted octanol–water partition coefficient (Wildman–Crippen LogP) is 6.92. The van der Waals surface area contributed by atoms with E-state index in [0.717, 1.165) is 18.1 Å². The van der Waals surface area contributed by atoms with Crippen LogP contribution in [-0.4, -0.2) is 72.3 Å². The molecule has 0 radical (unpaired) electrons. The zero-order valence-corrected chi connectivity index (χ0v) is 30.7. The fourth-order valence-electron chi connectivity index (χ4n) is 4.71. The lowest BCUT2D eigenvalue weighted by atomic mass is 10.2. The predicted molar refractivity (Wildman–Crippen MR) is 197 cm³/mol. The minimum atomic E-state index is -4.43. The van der Waals surface area contributed by atoms with E-state index in [0.29, 0.717) is 39.1 Å². The van der Waals surface area contributed by atoms with Crippen molar-refractivity contribution >= 4 is 84.2 Å². The molecule has 1 aromatic heterocycles. The van der Waals surface area contributed by atoms with E-state index < -0.39 is 25.6 Å². The molecule has 1 atom stereocenters. The lowest BCUT2D eigenvalue weighted by Gasteiger charge is -2.14. The van der Waals surface area contributed by atoms with Crippen LogP contribution in [-0.2, 0) is 29.6 Å². The standard InChI is InChI=1S/C31H28N10O11S3/c1-49-26-15-20(39-37-18-5-3-7-22(13-18)53-52-51-42)9-11-24(26)32-29-34-30(36-31(35-29)41-17-28(41)55(46,47)48)33-25-12-10-21(16-27(25)50-2)40-38-19-6-4-8-23(14-19)54(43,44)45/h3-16,28,42H,17H2,1-2H3,(H,43,44,45)(H,46,47,48)(H2,32,33,34,35,36). The lowest BCUT2D eigenvalue weighted by Crippen LogP contribution is -2.15. The number of anilines is 5. The van der Waals surface area contributed by atoms with Gasteiger partial charge in [-0.3, -0.25) is 9.11 Å². The van der Waals surface area contributed by atoms with Gasteiger partial charge >= 0.3 is 0 Å². The molecule has 1 saturated heterocycles. The van der Waals surface area contributed by atoms with Gasteiger partial charge in [0.05, 0.1) is 71.8 Å². The Hall–Kier alpha value is -5.86. The van der Waals surface area contributed by atoms with Crippen LogP contribution in [0.2, 0.25) is 0 Å². The molecular weight excluding hydrogens is 785 g/mol. The van der Waals surface area contributed by atoms with Gasteiger partial charge in [-0.15, -0.1) is 4.33 Å². The van der Waals surface area contributed by atoms with Crippen molar-refractivity contribution in [1.82, 2.24) is 15.0 Å². The minimum Gasteiger partial charge on any atom is -0.494 e. The lowest BCUT2D eigenvalue weighted by molar-refractivity contribution is -0.432. The van der Waals surface area contributed by atoms with Crippen molar-refractivity contribution in [1.29, 1.82) is 0 Å². The van der Waals surface area contributed by atoms with E-state index in [4.69, 9.17) is 14.7 Å². The zero-order valence-electron chi connectivity index (χ0n) is 28.3. The van der Waals surface area contributed by atoms with Gasteiger partial charge in [-0.25, -0.2) is 5.26 Å². The van der Waals surface area contributed by atoms with Crippen molar-refractivity contribution in [3.63, 3.8) is 0 Å². The van der Waals surface area contributed by atoms with Crippen LogP contribution in [0.15, 0.2) is 115 Å². The van der Waals surface area contributed by atoms with E-state index in [1.54, 1.807) is 54.6 Å². The average molecular weight is 813 g/mol. The first-order chi connectivity index (χ1) is 26.3. The molecule has 0 bridgehead atoms. The monoisotopic (exact) mass is 812 g/mol. The SMILES string of the molecule is COc1cc(N=Nc2cccc(SOOO)c2)ccc1Nc1nc(Nc2ccc(N=Nc3cccc(S(=O)(=O)O)c3)cc2OC)nc(N2CC2S(=O)(=O)O)n1. The first-order valence-electron chi connectivity index (χ1n) is 15.4. The normalized spacial score (nSPS) is 14.3. The Bertz CT molecular complexity index is 2490. The Morgan fingerprint density at radius 2 is 1.25 bits per heavy atom. The summed E-state index contributed by atoms with van der Waals surface area (Å²) in [5, 5.41) is 33.4. The first-order valence-corrected chi connectivity index (χ1v) is 19.1. The van der Waals surface area contributed by atoms with Crippen molar-refractivity contribution in [2.24, 2.45) is 20.5 Å². The van der Waals surface area contributed by atoms with Gasteiger partial charge in [0.15, 0.2) is 5.37 Å². The maximum absolute atomic E-state index is 11.9. The number of nitrogens with zero attached hydrogens (tertiary/aromatic N) is 8. The highest BCUT2D eigenvalue weighted by Gasteiger charge is 2.46. The summed E-state index contributed by atoms with van der Waals surface area (Å²) >= 11 is 0.776. The fourth-order valence-corrected chi connectivity index (χ4v) is 6.41. The van der Waals surface area contributed by atoms with Crippen LogP contribution < -0.4 is 25.0 Å². The quantitative estimate of drug-likeness (QED) is 0.0169. The molecule has 21 nitrogen and oxygen atoms in total. The first kappa shape index (κ1) is 38.9. The largest absolute Gasteiger partial charge is 0.494 e. The van der Waals surface area contributed by atoms with E-state index in [-0.39, 0.29) is 40.7 Å². The van der Waals surface area contributed by atoms with Gasteiger partial charge in [-0.05, 0) is 60.7 Å². The smallest absolute Gasteiger partial charge is 0.294 e. The summed E-state index contributed by atoms with van der Waals surface area (Å²) in [4.78, 5) is 14.7. The van der Waals surface area contributed by atoms with Gasteiger partial charge < -0.3 is 25.0 Å². The molecule has 0 spiro atoms. The molecule has 1 unspecified atom stereocenters. The van der Waals surface area contributed by atoms with E-state index >= 15 is 0 Å². The number of nitrogens with one attached hydrogen (secondary N) is 2. The molecule has 1 fully saturated rings. The maximum Gasteiger partial charge on any atom is 0.294 e. The number of aromatic nitrogens is 3. The summed E-state index contributed by atoms with van der Waals surface area (Å²) in [5.74, 6) is 0.459. The van der Waals surface area contributed by atoms with Gasteiger partial charge in [0.1, 0.15) is 11.5 Å². The molecule has 1 aliphatic rings. The molecule has 5 N–H and O–H groups in total. The molecule has 1 aliphatic heterocycles. The molecule has 4 aromatic carbocycles. The molecule has 2 heterocycles. The molecule has 5 aromatic rings. The van der Waals surface area contributed by atoms with Crippen LogP contribution in [0.5, 0.6) is 11.5 Å². The molecule has 0 amide bonds. The molecule has 55 heavy (non-hydrogen) atoms. The van der Waals surface area contributed by atoms with Crippen molar-refractivity contribution in [3.05, 3.63) is 84.9 Å². The Morgan fingerprint density at radius 3 is 1.75 bits per heavy atom. The van der Waals surface area contributed by atoms with Gasteiger partial charge in [0, 0.05) is 17.0 Å². The highest BCUT2D eigenvalue weighted by molar-refractivity contribution is 7.94. The molecule has 24 heteroatoms. The third-order valence-electron chi connectivity index (χ3n) is 7.31. The van der Waals surface area contributed by atoms with Crippen molar-refractivity contribution in [2.75, 3.05) is 36.3 Å². The van der Waals surface area contributed by atoms with Crippen LogP contribution in [0.4, 0.5) is 52.0 Å². The highest BCUT2D eigenvalue weighted by atomic mass is 32.2. The minimum absolute atomic E-state index is 0.0268. The molecule has 6 rings (SSSR count). The van der Waals surface area contributed by atoms with Crippen LogP contribution in [0.1, 0.15) is 0 Å². The van der Waals surface area contributed by atoms with Gasteiger partial charge in [-0.1, -0.05) is 17.2 Å². The summed E-state index contributed by atoms with van der Waals surface area (Å²) in [5.41, 5.74) is 2.17. The van der Waals surface area contributed by atoms with Gasteiger partial charge in [-0.2, -0.15) is 52.2 Å². The molecule has 0 aliphatic carbocycles. The van der Waals surface area contributed by atoms with Gasteiger partial charge in [0.2, 0.25) is 17.8 Å². The maximum atomic E-state index is 11.9.